The van der Waals surface area contributed by atoms with Gasteiger partial charge in [-0.3, -0.25) is 9.69 Å². The number of amides is 1. The molecule has 3 heterocycles. The molecule has 3 aliphatic rings. The highest BCUT2D eigenvalue weighted by molar-refractivity contribution is 5.95. The molecule has 1 aromatic rings. The largest absolute Gasteiger partial charge is 0.454 e. The SMILES string of the molecule is C[C@@H]1CN(C[C@H]2CN(C(=O)c3ccc4c(c3)OCO4)C[C@H]2CO)C[C@H](C)O1. The molecule has 4 atom stereocenters. The second kappa shape index (κ2) is 7.66. The van der Waals surface area contributed by atoms with E-state index in [0.717, 1.165) is 19.6 Å². The van der Waals surface area contributed by atoms with E-state index in [2.05, 4.69) is 18.7 Å². The van der Waals surface area contributed by atoms with E-state index in [0.29, 0.717) is 30.2 Å². The minimum atomic E-state index is -0.0158. The molecule has 2 saturated heterocycles. The number of likely N-dealkylation sites (tertiary alicyclic amines) is 1. The van der Waals surface area contributed by atoms with Crippen LogP contribution in [0.4, 0.5) is 0 Å². The summed E-state index contributed by atoms with van der Waals surface area (Å²) in [6.07, 6.45) is 0.434. The van der Waals surface area contributed by atoms with Crippen LogP contribution in [0.15, 0.2) is 18.2 Å². The molecule has 2 fully saturated rings. The van der Waals surface area contributed by atoms with Crippen molar-refractivity contribution in [1.82, 2.24) is 9.80 Å². The molecule has 0 aromatic heterocycles. The number of aliphatic hydroxyl groups excluding tert-OH is 1. The van der Waals surface area contributed by atoms with Gasteiger partial charge in [-0.1, -0.05) is 0 Å². The molecule has 1 aromatic carbocycles. The first-order valence-electron chi connectivity index (χ1n) is 9.71. The lowest BCUT2D eigenvalue weighted by atomic mass is 9.96. The minimum Gasteiger partial charge on any atom is -0.454 e. The van der Waals surface area contributed by atoms with Crippen molar-refractivity contribution < 1.29 is 24.1 Å². The average molecular weight is 376 g/mol. The molecule has 0 bridgehead atoms. The zero-order valence-electron chi connectivity index (χ0n) is 16.0. The Balaban J connectivity index is 1.42. The monoisotopic (exact) mass is 376 g/mol. The summed E-state index contributed by atoms with van der Waals surface area (Å²) in [6, 6.07) is 5.31. The van der Waals surface area contributed by atoms with Crippen molar-refractivity contribution in [2.45, 2.75) is 26.1 Å². The van der Waals surface area contributed by atoms with Crippen molar-refractivity contribution in [1.29, 1.82) is 0 Å². The molecule has 0 saturated carbocycles. The summed E-state index contributed by atoms with van der Waals surface area (Å²) >= 11 is 0. The van der Waals surface area contributed by atoms with Crippen molar-refractivity contribution in [3.05, 3.63) is 23.8 Å². The molecule has 27 heavy (non-hydrogen) atoms. The van der Waals surface area contributed by atoms with Crippen LogP contribution < -0.4 is 9.47 Å². The van der Waals surface area contributed by atoms with Gasteiger partial charge in [0.05, 0.1) is 12.2 Å². The van der Waals surface area contributed by atoms with E-state index in [1.165, 1.54) is 0 Å². The van der Waals surface area contributed by atoms with Crippen molar-refractivity contribution in [3.63, 3.8) is 0 Å². The predicted octanol–water partition coefficient (Wildman–Crippen LogP) is 1.20. The van der Waals surface area contributed by atoms with Gasteiger partial charge in [0.1, 0.15) is 0 Å². The van der Waals surface area contributed by atoms with Crippen molar-refractivity contribution in [3.8, 4) is 11.5 Å². The lowest BCUT2D eigenvalue weighted by Gasteiger charge is -2.37. The number of rotatable bonds is 4. The lowest BCUT2D eigenvalue weighted by Crippen LogP contribution is -2.48. The van der Waals surface area contributed by atoms with Gasteiger partial charge in [0, 0.05) is 50.8 Å². The van der Waals surface area contributed by atoms with Crippen LogP contribution in [0, 0.1) is 11.8 Å². The van der Waals surface area contributed by atoms with E-state index in [4.69, 9.17) is 14.2 Å². The van der Waals surface area contributed by atoms with Gasteiger partial charge in [-0.25, -0.2) is 0 Å². The summed E-state index contributed by atoms with van der Waals surface area (Å²) in [5.41, 5.74) is 0.602. The Labute approximate surface area is 159 Å². The van der Waals surface area contributed by atoms with Crippen molar-refractivity contribution in [2.24, 2.45) is 11.8 Å². The van der Waals surface area contributed by atoms with Gasteiger partial charge in [0.25, 0.3) is 5.91 Å². The fraction of sp³-hybridized carbons (Fsp3) is 0.650. The smallest absolute Gasteiger partial charge is 0.254 e. The van der Waals surface area contributed by atoms with Gasteiger partial charge in [0.15, 0.2) is 11.5 Å². The number of benzene rings is 1. The molecule has 0 aliphatic carbocycles. The van der Waals surface area contributed by atoms with Gasteiger partial charge in [0.2, 0.25) is 6.79 Å². The second-order valence-corrected chi connectivity index (χ2v) is 7.96. The Morgan fingerprint density at radius 1 is 1.07 bits per heavy atom. The first-order chi connectivity index (χ1) is 13.0. The highest BCUT2D eigenvalue weighted by Gasteiger charge is 2.37. The molecule has 4 rings (SSSR count). The van der Waals surface area contributed by atoms with Crippen LogP contribution in [0.1, 0.15) is 24.2 Å². The number of fused-ring (bicyclic) bond motifs is 1. The maximum Gasteiger partial charge on any atom is 0.254 e. The molecule has 148 valence electrons. The van der Waals surface area contributed by atoms with Gasteiger partial charge in [-0.15, -0.1) is 0 Å². The summed E-state index contributed by atoms with van der Waals surface area (Å²) in [5.74, 6) is 1.65. The fourth-order valence-corrected chi connectivity index (χ4v) is 4.50. The summed E-state index contributed by atoms with van der Waals surface area (Å²) in [4.78, 5) is 17.2. The number of aliphatic hydroxyl groups is 1. The second-order valence-electron chi connectivity index (χ2n) is 7.96. The topological polar surface area (TPSA) is 71.5 Å². The Hall–Kier alpha value is -1.83. The van der Waals surface area contributed by atoms with Crippen LogP contribution in [0.2, 0.25) is 0 Å². The zero-order valence-corrected chi connectivity index (χ0v) is 16.0. The quantitative estimate of drug-likeness (QED) is 0.852. The van der Waals surface area contributed by atoms with Gasteiger partial charge in [-0.2, -0.15) is 0 Å². The third-order valence-corrected chi connectivity index (χ3v) is 5.71. The van der Waals surface area contributed by atoms with Crippen LogP contribution in [-0.2, 0) is 4.74 Å². The highest BCUT2D eigenvalue weighted by Crippen LogP contribution is 2.34. The van der Waals surface area contributed by atoms with E-state index in [1.807, 2.05) is 4.90 Å². The highest BCUT2D eigenvalue weighted by atomic mass is 16.7. The Morgan fingerprint density at radius 3 is 2.52 bits per heavy atom. The van der Waals surface area contributed by atoms with Crippen LogP contribution >= 0.6 is 0 Å². The molecule has 0 radical (unpaired) electrons. The first kappa shape index (κ1) is 18.5. The van der Waals surface area contributed by atoms with Gasteiger partial charge >= 0.3 is 0 Å². The number of hydrogen-bond acceptors (Lipinski definition) is 6. The third-order valence-electron chi connectivity index (χ3n) is 5.71. The molecule has 3 aliphatic heterocycles. The van der Waals surface area contributed by atoms with Gasteiger partial charge in [-0.05, 0) is 38.0 Å². The minimum absolute atomic E-state index is 0.0158. The lowest BCUT2D eigenvalue weighted by molar-refractivity contribution is -0.0726. The molecular weight excluding hydrogens is 348 g/mol. The van der Waals surface area contributed by atoms with E-state index in [9.17, 15) is 9.90 Å². The Bertz CT molecular complexity index is 687. The predicted molar refractivity (Wildman–Crippen MR) is 99.0 cm³/mol. The number of carbonyl (C=O) groups excluding carboxylic acids is 1. The molecule has 1 N–H and O–H groups in total. The summed E-state index contributed by atoms with van der Waals surface area (Å²) in [7, 11) is 0. The van der Waals surface area contributed by atoms with E-state index in [-0.39, 0.29) is 43.4 Å². The number of carbonyl (C=O) groups is 1. The average Bonchev–Trinajstić information content (AvgIpc) is 3.26. The van der Waals surface area contributed by atoms with Crippen molar-refractivity contribution in [2.75, 3.05) is 46.1 Å². The molecular formula is C20H28N2O5. The maximum atomic E-state index is 13.0. The van der Waals surface area contributed by atoms with Gasteiger partial charge < -0.3 is 24.2 Å². The first-order valence-corrected chi connectivity index (χ1v) is 9.71. The van der Waals surface area contributed by atoms with Crippen LogP contribution in [0.5, 0.6) is 11.5 Å². The van der Waals surface area contributed by atoms with E-state index < -0.39 is 0 Å². The third kappa shape index (κ3) is 3.90. The summed E-state index contributed by atoms with van der Waals surface area (Å²) < 4.78 is 16.5. The summed E-state index contributed by atoms with van der Waals surface area (Å²) in [5, 5.41) is 9.85. The van der Waals surface area contributed by atoms with Crippen LogP contribution in [0.3, 0.4) is 0 Å². The van der Waals surface area contributed by atoms with Crippen LogP contribution in [-0.4, -0.2) is 79.1 Å². The number of hydrogen-bond donors (Lipinski definition) is 1. The maximum absolute atomic E-state index is 13.0. The normalized spacial score (nSPS) is 30.7. The molecule has 7 nitrogen and oxygen atoms in total. The summed E-state index contributed by atoms with van der Waals surface area (Å²) in [6.45, 7) is 8.42. The molecule has 0 spiro atoms. The number of nitrogens with zero attached hydrogens (tertiary/aromatic N) is 2. The molecule has 1 amide bonds. The van der Waals surface area contributed by atoms with E-state index in [1.54, 1.807) is 18.2 Å². The van der Waals surface area contributed by atoms with E-state index >= 15 is 0 Å². The molecule has 0 unspecified atom stereocenters. The molecule has 7 heteroatoms. The standard InChI is InChI=1S/C20H28N2O5/c1-13-6-21(7-14(2)27-13)8-16-9-22(10-17(16)11-23)20(24)15-3-4-18-19(5-15)26-12-25-18/h3-5,13-14,16-17,23H,6-12H2,1-2H3/t13-,14+,16-,17-/m0/s1. The number of ether oxygens (including phenoxy) is 3. The Kier molecular flexibility index (Phi) is 5.25. The van der Waals surface area contributed by atoms with Crippen molar-refractivity contribution >= 4 is 5.91 Å². The zero-order chi connectivity index (χ0) is 19.0. The van der Waals surface area contributed by atoms with Crippen LogP contribution in [0.25, 0.3) is 0 Å². The fourth-order valence-electron chi connectivity index (χ4n) is 4.50. The number of morpholine rings is 1. The Morgan fingerprint density at radius 2 is 1.78 bits per heavy atom.